The highest BCUT2D eigenvalue weighted by atomic mass is 16.6. The van der Waals surface area contributed by atoms with Gasteiger partial charge in [0.05, 0.1) is 10.6 Å². The average molecular weight is 245 g/mol. The van der Waals surface area contributed by atoms with E-state index in [0.29, 0.717) is 5.69 Å². The number of H-pyrrole nitrogens is 1. The van der Waals surface area contributed by atoms with Crippen molar-refractivity contribution < 1.29 is 4.92 Å². The summed E-state index contributed by atoms with van der Waals surface area (Å²) in [6.07, 6.45) is 2.71. The molecule has 0 unspecified atom stereocenters. The zero-order valence-electron chi connectivity index (χ0n) is 9.55. The second-order valence-electron chi connectivity index (χ2n) is 4.34. The van der Waals surface area contributed by atoms with Gasteiger partial charge in [-0.1, -0.05) is 0 Å². The van der Waals surface area contributed by atoms with Gasteiger partial charge >= 0.3 is 0 Å². The number of hydrogen-bond acceptors (Lipinski definition) is 3. The maximum absolute atomic E-state index is 12.1. The number of nitrogens with one attached hydrogen (secondary N) is 1. The van der Waals surface area contributed by atoms with E-state index in [4.69, 9.17) is 0 Å². The van der Waals surface area contributed by atoms with Gasteiger partial charge in [0.25, 0.3) is 11.2 Å². The molecule has 3 rings (SSSR count). The average Bonchev–Trinajstić information content (AvgIpc) is 2.93. The van der Waals surface area contributed by atoms with Crippen LogP contribution in [0.3, 0.4) is 0 Å². The Labute approximate surface area is 102 Å². The van der Waals surface area contributed by atoms with Crippen LogP contribution in [0.5, 0.6) is 0 Å². The third-order valence-electron chi connectivity index (χ3n) is 3.24. The van der Waals surface area contributed by atoms with Gasteiger partial charge in [-0.3, -0.25) is 20.0 Å². The fourth-order valence-electron chi connectivity index (χ4n) is 2.33. The molecule has 0 fully saturated rings. The molecule has 1 heterocycles. The number of hydrogen-bond donors (Lipinski definition) is 1. The van der Waals surface area contributed by atoms with Crippen molar-refractivity contribution in [2.75, 3.05) is 0 Å². The molecule has 1 aromatic heterocycles. The molecular weight excluding hydrogens is 234 g/mol. The zero-order chi connectivity index (χ0) is 12.7. The fraction of sp³-hybridized carbons (Fsp3) is 0.250. The lowest BCUT2D eigenvalue weighted by Gasteiger charge is -2.01. The minimum Gasteiger partial charge on any atom is -0.295 e. The number of benzene rings is 1. The Kier molecular flexibility index (Phi) is 2.29. The van der Waals surface area contributed by atoms with Gasteiger partial charge in [-0.25, -0.2) is 4.68 Å². The molecule has 0 bridgehead atoms. The highest BCUT2D eigenvalue weighted by molar-refractivity contribution is 5.41. The summed E-state index contributed by atoms with van der Waals surface area (Å²) in [5.41, 5.74) is 2.42. The molecule has 0 saturated heterocycles. The zero-order valence-corrected chi connectivity index (χ0v) is 9.55. The van der Waals surface area contributed by atoms with Crippen molar-refractivity contribution in [3.63, 3.8) is 0 Å². The molecule has 92 valence electrons. The molecule has 18 heavy (non-hydrogen) atoms. The number of nitrogens with zero attached hydrogens (tertiary/aromatic N) is 2. The number of aromatic amines is 1. The summed E-state index contributed by atoms with van der Waals surface area (Å²) in [4.78, 5) is 22.2. The van der Waals surface area contributed by atoms with Gasteiger partial charge in [-0.05, 0) is 31.4 Å². The lowest BCUT2D eigenvalue weighted by Crippen LogP contribution is -2.17. The van der Waals surface area contributed by atoms with Crippen LogP contribution in [0.25, 0.3) is 5.69 Å². The third kappa shape index (κ3) is 1.54. The van der Waals surface area contributed by atoms with Gasteiger partial charge < -0.3 is 0 Å². The first-order valence-corrected chi connectivity index (χ1v) is 5.74. The minimum atomic E-state index is -0.457. The van der Waals surface area contributed by atoms with Crippen molar-refractivity contribution in [2.45, 2.75) is 19.3 Å². The molecule has 2 aromatic rings. The van der Waals surface area contributed by atoms with E-state index in [1.807, 2.05) is 0 Å². The smallest absolute Gasteiger partial charge is 0.274 e. The molecule has 0 amide bonds. The summed E-state index contributed by atoms with van der Waals surface area (Å²) in [6, 6.07) is 5.94. The van der Waals surface area contributed by atoms with Crippen molar-refractivity contribution in [1.82, 2.24) is 9.78 Å². The largest absolute Gasteiger partial charge is 0.295 e. The summed E-state index contributed by atoms with van der Waals surface area (Å²) < 4.78 is 1.45. The molecule has 0 radical (unpaired) electrons. The van der Waals surface area contributed by atoms with E-state index in [0.717, 1.165) is 30.5 Å². The summed E-state index contributed by atoms with van der Waals surface area (Å²) in [7, 11) is 0. The summed E-state index contributed by atoms with van der Waals surface area (Å²) in [6.45, 7) is 0. The topological polar surface area (TPSA) is 80.9 Å². The molecule has 6 heteroatoms. The van der Waals surface area contributed by atoms with E-state index in [1.165, 1.54) is 16.8 Å². The Morgan fingerprint density at radius 2 is 1.94 bits per heavy atom. The number of fused-ring (bicyclic) bond motifs is 1. The first-order valence-electron chi connectivity index (χ1n) is 5.74. The van der Waals surface area contributed by atoms with E-state index < -0.39 is 4.92 Å². The molecule has 0 atom stereocenters. The molecule has 0 spiro atoms. The van der Waals surface area contributed by atoms with Crippen LogP contribution in [0.1, 0.15) is 17.7 Å². The number of rotatable bonds is 2. The number of aryl methyl sites for hydroxylation is 1. The van der Waals surface area contributed by atoms with Crippen LogP contribution < -0.4 is 5.56 Å². The van der Waals surface area contributed by atoms with E-state index in [9.17, 15) is 14.9 Å². The predicted molar refractivity (Wildman–Crippen MR) is 65.1 cm³/mol. The molecule has 1 N–H and O–H groups in total. The van der Waals surface area contributed by atoms with E-state index >= 15 is 0 Å². The van der Waals surface area contributed by atoms with Crippen LogP contribution in [-0.2, 0) is 12.8 Å². The highest BCUT2D eigenvalue weighted by Crippen LogP contribution is 2.19. The molecular formula is C12H11N3O3. The van der Waals surface area contributed by atoms with Crippen LogP contribution in [0.15, 0.2) is 29.1 Å². The summed E-state index contributed by atoms with van der Waals surface area (Å²) in [5, 5.41) is 13.6. The van der Waals surface area contributed by atoms with Crippen LogP contribution in [-0.4, -0.2) is 14.7 Å². The van der Waals surface area contributed by atoms with Crippen LogP contribution in [0.2, 0.25) is 0 Å². The second-order valence-corrected chi connectivity index (χ2v) is 4.34. The van der Waals surface area contributed by atoms with Crippen molar-refractivity contribution in [2.24, 2.45) is 0 Å². The molecule has 1 aliphatic carbocycles. The van der Waals surface area contributed by atoms with E-state index in [1.54, 1.807) is 12.1 Å². The van der Waals surface area contributed by atoms with E-state index in [-0.39, 0.29) is 11.2 Å². The van der Waals surface area contributed by atoms with Crippen molar-refractivity contribution in [3.05, 3.63) is 56.0 Å². The number of non-ortho nitro benzene ring substituents is 1. The van der Waals surface area contributed by atoms with Gasteiger partial charge in [0, 0.05) is 23.4 Å². The van der Waals surface area contributed by atoms with Crippen molar-refractivity contribution in [1.29, 1.82) is 0 Å². The standard InChI is InChI=1S/C12H11N3O3/c16-12-10-2-1-3-11(10)13-14(12)8-4-6-9(7-5-8)15(17)18/h4-7,13H,1-3H2. The monoisotopic (exact) mass is 245 g/mol. The first kappa shape index (κ1) is 10.8. The molecule has 0 aliphatic heterocycles. The number of nitro benzene ring substituents is 1. The molecule has 1 aliphatic rings. The van der Waals surface area contributed by atoms with Crippen LogP contribution in [0, 0.1) is 10.1 Å². The Morgan fingerprint density at radius 1 is 1.22 bits per heavy atom. The molecule has 0 saturated carbocycles. The minimum absolute atomic E-state index is 0.0193. The second kappa shape index (κ2) is 3.83. The highest BCUT2D eigenvalue weighted by Gasteiger charge is 2.19. The lowest BCUT2D eigenvalue weighted by atomic mass is 10.2. The SMILES string of the molecule is O=c1c2c([nH]n1-c1ccc([N+](=O)[O-])cc1)CCC2. The maximum atomic E-state index is 12.1. The number of nitro groups is 1. The quantitative estimate of drug-likeness (QED) is 0.644. The summed E-state index contributed by atoms with van der Waals surface area (Å²) >= 11 is 0. The molecule has 6 nitrogen and oxygen atoms in total. The normalized spacial score (nSPS) is 13.6. The Hall–Kier alpha value is -2.37. The van der Waals surface area contributed by atoms with Gasteiger partial charge in [0.15, 0.2) is 0 Å². The predicted octanol–water partition coefficient (Wildman–Crippen LogP) is 1.56. The van der Waals surface area contributed by atoms with Crippen LogP contribution in [0.4, 0.5) is 5.69 Å². The van der Waals surface area contributed by atoms with Crippen molar-refractivity contribution >= 4 is 5.69 Å². The lowest BCUT2D eigenvalue weighted by molar-refractivity contribution is -0.384. The Balaban J connectivity index is 2.05. The van der Waals surface area contributed by atoms with Crippen molar-refractivity contribution in [3.8, 4) is 5.69 Å². The van der Waals surface area contributed by atoms with Gasteiger partial charge in [0.2, 0.25) is 0 Å². The number of aromatic nitrogens is 2. The Bertz CT molecular complexity index is 667. The first-order chi connectivity index (χ1) is 8.66. The van der Waals surface area contributed by atoms with Gasteiger partial charge in [-0.15, -0.1) is 0 Å². The van der Waals surface area contributed by atoms with E-state index in [2.05, 4.69) is 5.10 Å². The fourth-order valence-corrected chi connectivity index (χ4v) is 2.33. The summed E-state index contributed by atoms with van der Waals surface area (Å²) in [5.74, 6) is 0. The van der Waals surface area contributed by atoms with Gasteiger partial charge in [-0.2, -0.15) is 0 Å². The third-order valence-corrected chi connectivity index (χ3v) is 3.24. The maximum Gasteiger partial charge on any atom is 0.274 e. The molecule has 1 aromatic carbocycles. The van der Waals surface area contributed by atoms with Gasteiger partial charge in [0.1, 0.15) is 0 Å². The van der Waals surface area contributed by atoms with Crippen LogP contribution >= 0.6 is 0 Å². The Morgan fingerprint density at radius 3 is 2.56 bits per heavy atom.